The Balaban J connectivity index is -0.000000826. The van der Waals surface area contributed by atoms with E-state index < -0.39 is 12.1 Å². The van der Waals surface area contributed by atoms with Gasteiger partial charge in [-0.05, 0) is 33.4 Å². The number of nitrogens with zero attached hydrogens (tertiary/aromatic N) is 1. The molecule has 1 N–H and O–H groups in total. The first-order valence-electron chi connectivity index (χ1n) is 8.42. The Hall–Kier alpha value is -0.930. The molecule has 0 aromatic heterocycles. The van der Waals surface area contributed by atoms with E-state index in [1.807, 2.05) is 34.6 Å². The minimum absolute atomic E-state index is 0.0529. The molecule has 0 heterocycles. The van der Waals surface area contributed by atoms with Crippen LogP contribution in [-0.2, 0) is 4.79 Å². The van der Waals surface area contributed by atoms with Crippen molar-refractivity contribution in [2.75, 3.05) is 14.1 Å². The van der Waals surface area contributed by atoms with Crippen LogP contribution in [0.3, 0.4) is 0 Å². The Morgan fingerprint density at radius 1 is 1.35 bits per heavy atom. The molecule has 20 heavy (non-hydrogen) atoms. The van der Waals surface area contributed by atoms with Gasteiger partial charge in [-0.25, -0.2) is 0 Å². The number of allylic oxidation sites excluding steroid dienone is 3. The van der Waals surface area contributed by atoms with Gasteiger partial charge < -0.3 is 5.11 Å². The van der Waals surface area contributed by atoms with Crippen molar-refractivity contribution in [1.29, 1.82) is 0 Å². The largest absolute Gasteiger partial charge is 0.391 e. The van der Waals surface area contributed by atoms with Crippen LogP contribution in [0.5, 0.6) is 0 Å². The summed E-state index contributed by atoms with van der Waals surface area (Å²) in [6.45, 7) is 11.1. The van der Waals surface area contributed by atoms with Crippen LogP contribution in [0.4, 0.5) is 0 Å². The SMILES string of the molecule is CC.CC.[2H]C([2H])=CC=CC[C@@H](C)C(O)[C@@H](C(C)=O)N(C)C. The number of aliphatic hydroxyl groups excluding tert-OH is 1. The molecule has 0 fully saturated rings. The molecule has 0 saturated heterocycles. The van der Waals surface area contributed by atoms with Gasteiger partial charge in [-0.2, -0.15) is 0 Å². The third kappa shape index (κ3) is 10.9. The lowest BCUT2D eigenvalue weighted by Crippen LogP contribution is -2.47. The summed E-state index contributed by atoms with van der Waals surface area (Å²) in [6.07, 6.45) is 4.66. The summed E-state index contributed by atoms with van der Waals surface area (Å²) >= 11 is 0. The molecule has 0 aliphatic carbocycles. The fourth-order valence-corrected chi connectivity index (χ4v) is 1.72. The molecule has 0 aliphatic heterocycles. The molecule has 3 atom stereocenters. The van der Waals surface area contributed by atoms with Gasteiger partial charge in [-0.3, -0.25) is 9.69 Å². The van der Waals surface area contributed by atoms with Crippen molar-refractivity contribution in [3.8, 4) is 0 Å². The Morgan fingerprint density at radius 3 is 2.20 bits per heavy atom. The first-order chi connectivity index (χ1) is 10.3. The highest BCUT2D eigenvalue weighted by molar-refractivity contribution is 5.82. The van der Waals surface area contributed by atoms with Crippen molar-refractivity contribution in [3.63, 3.8) is 0 Å². The average molecular weight is 287 g/mol. The molecule has 1 unspecified atom stereocenters. The maximum atomic E-state index is 11.5. The summed E-state index contributed by atoms with van der Waals surface area (Å²) in [6, 6.07) is -0.494. The molecule has 0 saturated carbocycles. The van der Waals surface area contributed by atoms with E-state index in [1.165, 1.54) is 13.0 Å². The van der Waals surface area contributed by atoms with Crippen LogP contribution in [0.2, 0.25) is 0 Å². The minimum atomic E-state index is -0.724. The van der Waals surface area contributed by atoms with Gasteiger partial charge in [0.1, 0.15) is 5.78 Å². The number of Topliss-reactive ketones (excluding diaryl/α,β-unsaturated/α-hetero) is 1. The third-order valence-corrected chi connectivity index (χ3v) is 2.62. The fraction of sp³-hybridized carbons (Fsp3) is 0.706. The number of carbonyl (C=O) groups excluding carboxylic acids is 1. The first kappa shape index (κ1) is 19.1. The molecule has 0 aliphatic rings. The molecule has 0 rings (SSSR count). The summed E-state index contributed by atoms with van der Waals surface area (Å²) in [5.41, 5.74) is 0. The zero-order valence-electron chi connectivity index (χ0n) is 16.5. The molecule has 0 aromatic carbocycles. The standard InChI is InChI=1S/C13H23NO2.2C2H6/c1-6-7-8-9-10(2)13(16)12(11(3)15)14(4)5;2*1-2/h6-8,10,12-13,16H,1,9H2,2-5H3;2*1-2H3/t10-,12-,13?;;/m1../s1/i1D2;;. The molecule has 0 amide bonds. The summed E-state index contributed by atoms with van der Waals surface area (Å²) in [7, 11) is 3.54. The van der Waals surface area contributed by atoms with Gasteiger partial charge in [-0.1, -0.05) is 59.4 Å². The lowest BCUT2D eigenvalue weighted by atomic mass is 9.92. The number of hydrogen-bond acceptors (Lipinski definition) is 3. The number of likely N-dealkylation sites (N-methyl/N-ethyl adjacent to an activating group) is 1. The minimum Gasteiger partial charge on any atom is -0.391 e. The van der Waals surface area contributed by atoms with Gasteiger partial charge in [0.05, 0.1) is 14.9 Å². The second-order valence-electron chi connectivity index (χ2n) is 4.32. The number of ketones is 1. The monoisotopic (exact) mass is 287 g/mol. The van der Waals surface area contributed by atoms with E-state index >= 15 is 0 Å². The van der Waals surface area contributed by atoms with Crippen molar-refractivity contribution in [2.45, 2.75) is 60.1 Å². The number of rotatable bonds is 7. The zero-order chi connectivity index (χ0) is 18.3. The second kappa shape index (κ2) is 16.1. The summed E-state index contributed by atoms with van der Waals surface area (Å²) < 4.78 is 13.8. The smallest absolute Gasteiger partial charge is 0.149 e. The Morgan fingerprint density at radius 2 is 1.85 bits per heavy atom. The van der Waals surface area contributed by atoms with E-state index in [1.54, 1.807) is 31.1 Å². The molecular weight excluding hydrogens is 250 g/mol. The molecule has 0 bridgehead atoms. The van der Waals surface area contributed by atoms with Crippen molar-refractivity contribution < 1.29 is 12.6 Å². The van der Waals surface area contributed by atoms with Gasteiger partial charge >= 0.3 is 0 Å². The Kier molecular flexibility index (Phi) is 15.4. The number of carbonyl (C=O) groups is 1. The normalized spacial score (nSPS) is 15.7. The summed E-state index contributed by atoms with van der Waals surface area (Å²) in [5, 5.41) is 10.1. The lowest BCUT2D eigenvalue weighted by molar-refractivity contribution is -0.126. The van der Waals surface area contributed by atoms with Crippen molar-refractivity contribution in [1.82, 2.24) is 4.90 Å². The van der Waals surface area contributed by atoms with Gasteiger partial charge in [0.2, 0.25) is 0 Å². The average Bonchev–Trinajstić information content (AvgIpc) is 2.46. The number of hydrogen-bond donors (Lipinski definition) is 1. The van der Waals surface area contributed by atoms with Crippen LogP contribution in [-0.4, -0.2) is 42.0 Å². The third-order valence-electron chi connectivity index (χ3n) is 2.62. The fourth-order valence-electron chi connectivity index (χ4n) is 1.72. The van der Waals surface area contributed by atoms with Gasteiger partial charge in [-0.15, -0.1) is 0 Å². The predicted octanol–water partition coefficient (Wildman–Crippen LogP) is 3.69. The molecular formula is C17H35NO2. The van der Waals surface area contributed by atoms with E-state index in [-0.39, 0.29) is 18.2 Å². The quantitative estimate of drug-likeness (QED) is 0.726. The van der Waals surface area contributed by atoms with E-state index in [2.05, 4.69) is 0 Å². The lowest BCUT2D eigenvalue weighted by Gasteiger charge is -2.30. The van der Waals surface area contributed by atoms with Crippen LogP contribution in [0.25, 0.3) is 0 Å². The predicted molar refractivity (Wildman–Crippen MR) is 90.0 cm³/mol. The van der Waals surface area contributed by atoms with Gasteiger partial charge in [0, 0.05) is 0 Å². The van der Waals surface area contributed by atoms with Crippen LogP contribution in [0.15, 0.2) is 24.8 Å². The maximum Gasteiger partial charge on any atom is 0.149 e. The van der Waals surface area contributed by atoms with Crippen molar-refractivity contribution >= 4 is 5.78 Å². The highest BCUT2D eigenvalue weighted by Gasteiger charge is 2.29. The van der Waals surface area contributed by atoms with Crippen molar-refractivity contribution in [2.24, 2.45) is 5.92 Å². The van der Waals surface area contributed by atoms with Crippen LogP contribution in [0, 0.1) is 5.92 Å². The van der Waals surface area contributed by atoms with Crippen LogP contribution in [0.1, 0.15) is 50.7 Å². The summed E-state index contributed by atoms with van der Waals surface area (Å²) in [5.74, 6) is -0.117. The summed E-state index contributed by atoms with van der Waals surface area (Å²) in [4.78, 5) is 13.2. The van der Waals surface area contributed by atoms with E-state index in [0.29, 0.717) is 6.42 Å². The Bertz CT molecular complexity index is 325. The maximum absolute atomic E-state index is 11.5. The topological polar surface area (TPSA) is 40.5 Å². The molecule has 0 radical (unpaired) electrons. The van der Waals surface area contributed by atoms with Gasteiger partial charge in [0.15, 0.2) is 0 Å². The number of aliphatic hydroxyl groups is 1. The van der Waals surface area contributed by atoms with E-state index in [9.17, 15) is 9.90 Å². The molecule has 0 aromatic rings. The highest BCUT2D eigenvalue weighted by Crippen LogP contribution is 2.16. The Labute approximate surface area is 129 Å². The molecule has 3 heteroatoms. The molecule has 0 spiro atoms. The van der Waals surface area contributed by atoms with E-state index in [0.717, 1.165) is 0 Å². The molecule has 3 nitrogen and oxygen atoms in total. The van der Waals surface area contributed by atoms with Gasteiger partial charge in [0.25, 0.3) is 0 Å². The highest BCUT2D eigenvalue weighted by atomic mass is 16.3. The zero-order valence-corrected chi connectivity index (χ0v) is 14.5. The molecule has 120 valence electrons. The second-order valence-corrected chi connectivity index (χ2v) is 4.32. The first-order valence-corrected chi connectivity index (χ1v) is 7.42. The van der Waals surface area contributed by atoms with E-state index in [4.69, 9.17) is 2.74 Å². The van der Waals surface area contributed by atoms with Crippen LogP contribution < -0.4 is 0 Å². The van der Waals surface area contributed by atoms with Crippen molar-refractivity contribution in [3.05, 3.63) is 24.8 Å². The van der Waals surface area contributed by atoms with Crippen LogP contribution >= 0.6 is 0 Å².